The molecule has 94 valence electrons. The second-order valence-corrected chi connectivity index (χ2v) is 5.49. The minimum Gasteiger partial charge on any atom is -0.497 e. The molecule has 0 aliphatic carbocycles. The van der Waals surface area contributed by atoms with Gasteiger partial charge < -0.3 is 9.53 Å². The van der Waals surface area contributed by atoms with Crippen LogP contribution in [0, 0.1) is 0 Å². The van der Waals surface area contributed by atoms with E-state index in [2.05, 4.69) is 0 Å². The van der Waals surface area contributed by atoms with Crippen LogP contribution >= 0.6 is 11.3 Å². The summed E-state index contributed by atoms with van der Waals surface area (Å²) in [5.41, 5.74) is 0.651. The molecule has 0 saturated heterocycles. The summed E-state index contributed by atoms with van der Waals surface area (Å²) in [5.74, 6) is 0.826. The molecule has 0 aliphatic rings. The van der Waals surface area contributed by atoms with Gasteiger partial charge in [0.25, 0.3) is 0 Å². The molecule has 0 saturated carbocycles. The van der Waals surface area contributed by atoms with Crippen LogP contribution in [0.4, 0.5) is 0 Å². The highest BCUT2D eigenvalue weighted by Gasteiger charge is 2.27. The van der Waals surface area contributed by atoms with Crippen LogP contribution in [-0.4, -0.2) is 13.4 Å². The van der Waals surface area contributed by atoms with Crippen LogP contribution in [0.5, 0.6) is 5.75 Å². The van der Waals surface area contributed by atoms with E-state index < -0.39 is 5.41 Å². The molecule has 0 aliphatic heterocycles. The minimum atomic E-state index is -0.458. The highest BCUT2D eigenvalue weighted by Crippen LogP contribution is 2.30. The summed E-state index contributed by atoms with van der Waals surface area (Å²) in [6.07, 6.45) is 1.73. The Kier molecular flexibility index (Phi) is 3.82. The number of methoxy groups -OCH3 is 1. The molecule has 0 spiro atoms. The first-order valence-corrected chi connectivity index (χ1v) is 6.69. The van der Waals surface area contributed by atoms with Gasteiger partial charge >= 0.3 is 0 Å². The van der Waals surface area contributed by atoms with Crippen molar-refractivity contribution in [2.75, 3.05) is 7.11 Å². The first kappa shape index (κ1) is 12.8. The molecule has 0 amide bonds. The normalized spacial score (nSPS) is 13.9. The number of hydrogen-bond acceptors (Lipinski definition) is 3. The predicted octanol–water partition coefficient (Wildman–Crippen LogP) is 3.46. The molecule has 1 unspecified atom stereocenters. The monoisotopic (exact) mass is 260 g/mol. The molecule has 2 nitrogen and oxygen atoms in total. The zero-order valence-electron chi connectivity index (χ0n) is 10.6. The van der Waals surface area contributed by atoms with Gasteiger partial charge in [-0.05, 0) is 42.5 Å². The number of hydrogen-bond donors (Lipinski definition) is 0. The molecule has 2 rings (SSSR count). The van der Waals surface area contributed by atoms with E-state index in [0.29, 0.717) is 6.42 Å². The third kappa shape index (κ3) is 2.62. The summed E-state index contributed by atoms with van der Waals surface area (Å²) in [7, 11) is 1.65. The second kappa shape index (κ2) is 5.36. The Morgan fingerprint density at radius 2 is 2.17 bits per heavy atom. The summed E-state index contributed by atoms with van der Waals surface area (Å²) in [4.78, 5) is 12.6. The molecule has 1 aromatic heterocycles. The van der Waals surface area contributed by atoms with Crippen molar-refractivity contribution in [2.24, 2.45) is 0 Å². The summed E-state index contributed by atoms with van der Waals surface area (Å²) < 4.78 is 5.21. The first-order chi connectivity index (χ1) is 8.68. The maximum atomic E-state index is 11.5. The van der Waals surface area contributed by atoms with Gasteiger partial charge in [-0.2, -0.15) is 0 Å². The van der Waals surface area contributed by atoms with Crippen molar-refractivity contribution in [3.05, 3.63) is 52.2 Å². The second-order valence-electron chi connectivity index (χ2n) is 4.54. The Balaban J connectivity index is 2.27. The molecule has 2 aromatic rings. The molecule has 1 aromatic carbocycles. The van der Waals surface area contributed by atoms with Crippen molar-refractivity contribution < 1.29 is 9.53 Å². The third-order valence-corrected chi connectivity index (χ3v) is 4.20. The maximum Gasteiger partial charge on any atom is 0.131 e. The van der Waals surface area contributed by atoms with Crippen LogP contribution in [0.3, 0.4) is 0 Å². The van der Waals surface area contributed by atoms with E-state index in [-0.39, 0.29) is 0 Å². The Morgan fingerprint density at radius 1 is 1.33 bits per heavy atom. The predicted molar refractivity (Wildman–Crippen MR) is 74.4 cm³/mol. The average molecular weight is 260 g/mol. The number of rotatable bonds is 5. The van der Waals surface area contributed by atoms with Crippen LogP contribution < -0.4 is 4.74 Å². The molecule has 0 fully saturated rings. The zero-order valence-corrected chi connectivity index (χ0v) is 11.4. The van der Waals surface area contributed by atoms with E-state index in [1.165, 1.54) is 0 Å². The number of ether oxygens (including phenoxy) is 1. The van der Waals surface area contributed by atoms with Crippen LogP contribution in [0.2, 0.25) is 0 Å². The lowest BCUT2D eigenvalue weighted by Gasteiger charge is -2.21. The molecule has 0 bridgehead atoms. The summed E-state index contributed by atoms with van der Waals surface area (Å²) >= 11 is 1.62. The fraction of sp³-hybridized carbons (Fsp3) is 0.267. The maximum absolute atomic E-state index is 11.5. The lowest BCUT2D eigenvalue weighted by Crippen LogP contribution is -2.25. The molecule has 18 heavy (non-hydrogen) atoms. The third-order valence-electron chi connectivity index (χ3n) is 3.05. The largest absolute Gasteiger partial charge is 0.497 e. The smallest absolute Gasteiger partial charge is 0.131 e. The average Bonchev–Trinajstić information content (AvgIpc) is 2.93. The lowest BCUT2D eigenvalue weighted by molar-refractivity contribution is -0.112. The van der Waals surface area contributed by atoms with Crippen LogP contribution in [0.25, 0.3) is 0 Å². The summed E-state index contributed by atoms with van der Waals surface area (Å²) in [6, 6.07) is 11.9. The van der Waals surface area contributed by atoms with Gasteiger partial charge in [0.15, 0.2) is 0 Å². The standard InChI is InChI=1S/C15H16O2S/c1-15(11-16,14-7-4-8-18-14)10-12-5-3-6-13(9-12)17-2/h3-9,11H,10H2,1-2H3. The van der Waals surface area contributed by atoms with Gasteiger partial charge in [-0.15, -0.1) is 11.3 Å². The van der Waals surface area contributed by atoms with Crippen molar-refractivity contribution in [1.29, 1.82) is 0 Å². The molecular formula is C15H16O2S. The van der Waals surface area contributed by atoms with Crippen molar-refractivity contribution in [3.8, 4) is 5.75 Å². The van der Waals surface area contributed by atoms with E-state index in [4.69, 9.17) is 4.74 Å². The molecule has 0 radical (unpaired) electrons. The Bertz CT molecular complexity index is 519. The Morgan fingerprint density at radius 3 is 2.78 bits per heavy atom. The number of benzene rings is 1. The summed E-state index contributed by atoms with van der Waals surface area (Å²) in [6.45, 7) is 1.98. The number of carbonyl (C=O) groups excluding carboxylic acids is 1. The molecule has 1 atom stereocenters. The van der Waals surface area contributed by atoms with Gasteiger partial charge in [0.2, 0.25) is 0 Å². The number of carbonyl (C=O) groups is 1. The molecular weight excluding hydrogens is 244 g/mol. The van der Waals surface area contributed by atoms with Gasteiger partial charge in [0.1, 0.15) is 12.0 Å². The van der Waals surface area contributed by atoms with Crippen molar-refractivity contribution in [3.63, 3.8) is 0 Å². The highest BCUT2D eigenvalue weighted by atomic mass is 32.1. The molecule has 0 N–H and O–H groups in total. The highest BCUT2D eigenvalue weighted by molar-refractivity contribution is 7.10. The molecule has 3 heteroatoms. The SMILES string of the molecule is COc1cccc(CC(C)(C=O)c2cccs2)c1. The van der Waals surface area contributed by atoms with Crippen LogP contribution in [0.1, 0.15) is 17.4 Å². The van der Waals surface area contributed by atoms with Crippen LogP contribution in [0.15, 0.2) is 41.8 Å². The zero-order chi connectivity index (χ0) is 13.0. The van der Waals surface area contributed by atoms with E-state index in [9.17, 15) is 4.79 Å². The van der Waals surface area contributed by atoms with Crippen molar-refractivity contribution >= 4 is 17.6 Å². The number of thiophene rings is 1. The van der Waals surface area contributed by atoms with E-state index in [0.717, 1.165) is 22.5 Å². The van der Waals surface area contributed by atoms with E-state index >= 15 is 0 Å². The number of aldehydes is 1. The lowest BCUT2D eigenvalue weighted by atomic mass is 9.83. The van der Waals surface area contributed by atoms with Gasteiger partial charge in [-0.3, -0.25) is 0 Å². The summed E-state index contributed by atoms with van der Waals surface area (Å²) in [5, 5.41) is 2.00. The van der Waals surface area contributed by atoms with Gasteiger partial charge in [0, 0.05) is 4.88 Å². The van der Waals surface area contributed by atoms with E-state index in [1.54, 1.807) is 18.4 Å². The van der Waals surface area contributed by atoms with Crippen molar-refractivity contribution in [1.82, 2.24) is 0 Å². The van der Waals surface area contributed by atoms with Crippen molar-refractivity contribution in [2.45, 2.75) is 18.8 Å². The van der Waals surface area contributed by atoms with Crippen LogP contribution in [-0.2, 0) is 16.6 Å². The quantitative estimate of drug-likeness (QED) is 0.770. The first-order valence-electron chi connectivity index (χ1n) is 5.81. The fourth-order valence-corrected chi connectivity index (χ4v) is 2.85. The van der Waals surface area contributed by atoms with E-state index in [1.807, 2.05) is 48.7 Å². The van der Waals surface area contributed by atoms with Gasteiger partial charge in [-0.25, -0.2) is 0 Å². The minimum absolute atomic E-state index is 0.458. The molecule has 1 heterocycles. The Hall–Kier alpha value is -1.61. The van der Waals surface area contributed by atoms with Gasteiger partial charge in [0.05, 0.1) is 12.5 Å². The van der Waals surface area contributed by atoms with Gasteiger partial charge in [-0.1, -0.05) is 18.2 Å². The Labute approximate surface area is 111 Å². The fourth-order valence-electron chi connectivity index (χ4n) is 2.00. The topological polar surface area (TPSA) is 26.3 Å².